The van der Waals surface area contributed by atoms with E-state index in [0.29, 0.717) is 37.2 Å². The smallest absolute Gasteiger partial charge is 0.178 e. The van der Waals surface area contributed by atoms with Crippen LogP contribution >= 0.6 is 0 Å². The van der Waals surface area contributed by atoms with Crippen molar-refractivity contribution in [1.82, 2.24) is 10.6 Å². The zero-order valence-electron chi connectivity index (χ0n) is 27.6. The summed E-state index contributed by atoms with van der Waals surface area (Å²) in [5.41, 5.74) is 4.40. The van der Waals surface area contributed by atoms with Crippen LogP contribution in [-0.2, 0) is 6.42 Å². The Bertz CT molecular complexity index is 1200. The molecule has 2 aliphatic heterocycles. The summed E-state index contributed by atoms with van der Waals surface area (Å²) in [6, 6.07) is 5.84. The molecular weight excluding hydrogens is 566 g/mol. The quantitative estimate of drug-likeness (QED) is 0.124. The molecule has 0 bridgehead atoms. The fourth-order valence-electron chi connectivity index (χ4n) is 7.92. The number of ether oxygens (including phenoxy) is 2. The van der Waals surface area contributed by atoms with Crippen molar-refractivity contribution in [3.05, 3.63) is 59.2 Å². The average Bonchev–Trinajstić information content (AvgIpc) is 3.75. The monoisotopic (exact) mass is 622 g/mol. The molecule has 2 saturated carbocycles. The zero-order valence-corrected chi connectivity index (χ0v) is 27.6. The fourth-order valence-corrected chi connectivity index (χ4v) is 7.92. The van der Waals surface area contributed by atoms with Crippen molar-refractivity contribution < 1.29 is 24.8 Å². The molecule has 8 heteroatoms. The summed E-state index contributed by atoms with van der Waals surface area (Å²) in [6.07, 6.45) is 16.8. The number of aromatic hydroxyl groups is 1. The van der Waals surface area contributed by atoms with E-state index in [1.165, 1.54) is 37.3 Å². The van der Waals surface area contributed by atoms with Gasteiger partial charge in [-0.25, -0.2) is 0 Å². The Kier molecular flexibility index (Phi) is 12.3. The van der Waals surface area contributed by atoms with E-state index in [2.05, 4.69) is 29.7 Å². The summed E-state index contributed by atoms with van der Waals surface area (Å²) < 4.78 is 11.0. The summed E-state index contributed by atoms with van der Waals surface area (Å²) in [4.78, 5) is 5.13. The molecule has 2 aliphatic carbocycles. The number of phenols is 1. The Balaban J connectivity index is 1.19. The maximum absolute atomic E-state index is 10.6. The highest BCUT2D eigenvalue weighted by Crippen LogP contribution is 2.49. The number of phenolic OH excluding ortho intramolecular Hbond substituents is 1. The molecule has 1 unspecified atom stereocenters. The predicted octanol–water partition coefficient (Wildman–Crippen LogP) is 4.94. The van der Waals surface area contributed by atoms with E-state index in [1.807, 2.05) is 26.1 Å². The Hall–Kier alpha value is -2.49. The summed E-state index contributed by atoms with van der Waals surface area (Å²) in [5, 5.41) is 37.4. The highest BCUT2D eigenvalue weighted by atomic mass is 16.5. The third kappa shape index (κ3) is 8.66. The number of allylic oxidation sites excluding steroid dienone is 1. The highest BCUT2D eigenvalue weighted by Gasteiger charge is 2.51. The number of aliphatic hydroxyl groups is 4. The molecule has 5 rings (SSSR count). The van der Waals surface area contributed by atoms with Gasteiger partial charge in [-0.2, -0.15) is 0 Å². The van der Waals surface area contributed by atoms with E-state index >= 15 is 0 Å². The van der Waals surface area contributed by atoms with Crippen molar-refractivity contribution in [1.29, 1.82) is 0 Å². The minimum absolute atomic E-state index is 0.0674. The SMILES string of the molecule is CCCCC1[OH+][C-](CCc2ccc(O)c(OCCC3=C[C+]4C(=N3)CC[C@H]3CCC[C@@H]3[C@H]4[C@H](CNC)NC[C@H](C)O)c2)C=C1CO. The second-order valence-corrected chi connectivity index (χ2v) is 13.5. The number of aliphatic imine (C=N–C) groups is 1. The number of hydrogen-bond donors (Lipinski definition) is 5. The Morgan fingerprint density at radius 1 is 1.20 bits per heavy atom. The minimum Gasteiger partial charge on any atom is -0.504 e. The fraction of sp³-hybridized carbons (Fsp3) is 0.649. The van der Waals surface area contributed by atoms with E-state index in [9.17, 15) is 15.3 Å². The van der Waals surface area contributed by atoms with E-state index < -0.39 is 0 Å². The van der Waals surface area contributed by atoms with Crippen molar-refractivity contribution in [3.63, 3.8) is 0 Å². The van der Waals surface area contributed by atoms with Crippen LogP contribution < -0.4 is 15.4 Å². The van der Waals surface area contributed by atoms with Gasteiger partial charge < -0.3 is 35.4 Å². The molecule has 1 aromatic rings. The van der Waals surface area contributed by atoms with Crippen LogP contribution in [0.1, 0.15) is 83.6 Å². The van der Waals surface area contributed by atoms with Gasteiger partial charge >= 0.3 is 0 Å². The number of fused-ring (bicyclic) bond motifs is 2. The van der Waals surface area contributed by atoms with Crippen molar-refractivity contribution in [2.45, 2.75) is 103 Å². The molecule has 0 spiro atoms. The molecule has 8 nitrogen and oxygen atoms in total. The van der Waals surface area contributed by atoms with E-state index in [-0.39, 0.29) is 30.6 Å². The number of benzene rings is 1. The lowest BCUT2D eigenvalue weighted by Gasteiger charge is -2.33. The first-order chi connectivity index (χ1) is 21.9. The van der Waals surface area contributed by atoms with Crippen LogP contribution in [0.5, 0.6) is 11.5 Å². The summed E-state index contributed by atoms with van der Waals surface area (Å²) >= 11 is 0. The van der Waals surface area contributed by atoms with Crippen LogP contribution in [0.3, 0.4) is 0 Å². The van der Waals surface area contributed by atoms with Gasteiger partial charge in [0.2, 0.25) is 0 Å². The number of likely N-dealkylation sites (N-methyl/N-ethyl adjacent to an activating group) is 1. The minimum atomic E-state index is -0.385. The lowest BCUT2D eigenvalue weighted by Crippen LogP contribution is -2.50. The molecule has 0 saturated heterocycles. The van der Waals surface area contributed by atoms with Crippen LogP contribution in [0.2, 0.25) is 0 Å². The van der Waals surface area contributed by atoms with Gasteiger partial charge in [-0.15, -0.1) is 16.6 Å². The number of nitrogens with zero attached hydrogens (tertiary/aromatic N) is 1. The normalized spacial score (nSPS) is 25.8. The number of aliphatic hydroxyl groups excluding tert-OH is 2. The number of unbranched alkanes of at least 4 members (excludes halogenated alkanes) is 1. The standard InChI is InChI=1S/C37H55N3O5/c1-4-5-9-35-27(23-41)19-29(45-35)13-10-25-11-15-34(43)36(18-25)44-17-16-28-20-31-32(40-28)14-12-26-7-6-8-30(26)37(31)33(22-38-3)39-21-24(2)42/h11,15,18-20,24,26,30,33,35,37-39,41-42,45H,4-10,12-14,16-17,21-23H2,1-3H3/p+1/t24-,26+,30-,33-,35?,37+/m0/s1. The van der Waals surface area contributed by atoms with Crippen molar-refractivity contribution in [3.8, 4) is 11.5 Å². The third-order valence-electron chi connectivity index (χ3n) is 10.2. The maximum Gasteiger partial charge on any atom is 0.178 e. The first-order valence-electron chi connectivity index (χ1n) is 17.4. The number of rotatable bonds is 17. The first-order valence-corrected chi connectivity index (χ1v) is 17.4. The van der Waals surface area contributed by atoms with Gasteiger partial charge in [0.15, 0.2) is 17.2 Å². The van der Waals surface area contributed by atoms with E-state index in [4.69, 9.17) is 14.5 Å². The maximum atomic E-state index is 10.6. The Morgan fingerprint density at radius 2 is 2.07 bits per heavy atom. The lowest BCUT2D eigenvalue weighted by molar-refractivity contribution is -0.0550. The van der Waals surface area contributed by atoms with Crippen LogP contribution in [-0.4, -0.2) is 77.4 Å². The molecule has 248 valence electrons. The molecule has 45 heavy (non-hydrogen) atoms. The van der Waals surface area contributed by atoms with Gasteiger partial charge in [0.1, 0.15) is 30.4 Å². The van der Waals surface area contributed by atoms with Crippen molar-refractivity contribution >= 4 is 5.71 Å². The number of aryl methyl sites for hydroxylation is 1. The highest BCUT2D eigenvalue weighted by molar-refractivity contribution is 6.03. The number of nitrogens with one attached hydrogen (secondary N) is 2. The van der Waals surface area contributed by atoms with Crippen LogP contribution in [0.25, 0.3) is 0 Å². The second kappa shape index (κ2) is 16.4. The molecule has 4 aliphatic rings. The van der Waals surface area contributed by atoms with Crippen molar-refractivity contribution in [2.75, 3.05) is 33.4 Å². The lowest BCUT2D eigenvalue weighted by atomic mass is 9.72. The molecule has 2 fully saturated rings. The molecule has 2 heterocycles. The zero-order chi connectivity index (χ0) is 31.8. The third-order valence-corrected chi connectivity index (χ3v) is 10.2. The molecule has 6 atom stereocenters. The van der Waals surface area contributed by atoms with Gasteiger partial charge in [0.25, 0.3) is 0 Å². The van der Waals surface area contributed by atoms with E-state index in [1.54, 1.807) is 6.07 Å². The van der Waals surface area contributed by atoms with Crippen LogP contribution in [0.4, 0.5) is 0 Å². The predicted molar refractivity (Wildman–Crippen MR) is 180 cm³/mol. The molecule has 6 N–H and O–H groups in total. The Labute approximate surface area is 270 Å². The topological polar surface area (TPSA) is 119 Å². The second-order valence-electron chi connectivity index (χ2n) is 13.5. The molecule has 1 aromatic carbocycles. The molecule has 0 aromatic heterocycles. The summed E-state index contributed by atoms with van der Waals surface area (Å²) in [5.74, 6) is 3.80. The molecule has 0 radical (unpaired) electrons. The van der Waals surface area contributed by atoms with Crippen LogP contribution in [0.15, 0.2) is 46.6 Å². The number of hydrogen-bond acceptors (Lipinski definition) is 7. The molecule has 0 amide bonds. The summed E-state index contributed by atoms with van der Waals surface area (Å²) in [7, 11) is 2.01. The van der Waals surface area contributed by atoms with Crippen LogP contribution in [0, 0.1) is 29.8 Å². The van der Waals surface area contributed by atoms with Gasteiger partial charge in [0.05, 0.1) is 24.5 Å². The average molecular weight is 623 g/mol. The largest absolute Gasteiger partial charge is 0.504 e. The van der Waals surface area contributed by atoms with Gasteiger partial charge in [-0.05, 0) is 75.6 Å². The van der Waals surface area contributed by atoms with Gasteiger partial charge in [0, 0.05) is 38.6 Å². The summed E-state index contributed by atoms with van der Waals surface area (Å²) in [6.45, 7) is 5.97. The first kappa shape index (κ1) is 33.9. The van der Waals surface area contributed by atoms with Gasteiger partial charge in [-0.3, -0.25) is 0 Å². The van der Waals surface area contributed by atoms with Gasteiger partial charge in [-0.1, -0.05) is 32.3 Å². The van der Waals surface area contributed by atoms with Crippen molar-refractivity contribution in [2.24, 2.45) is 22.7 Å². The molecular formula is C37H56N3O5+. The van der Waals surface area contributed by atoms with E-state index in [0.717, 1.165) is 73.9 Å². The Morgan fingerprint density at radius 3 is 2.84 bits per heavy atom.